The smallest absolute Gasteiger partial charge is 0.230 e. The lowest BCUT2D eigenvalue weighted by atomic mass is 10.0. The zero-order chi connectivity index (χ0) is 20.8. The average molecular weight is 420 g/mol. The first-order chi connectivity index (χ1) is 14.0. The molecular formula is C21H29N3O4S. The van der Waals surface area contributed by atoms with Gasteiger partial charge < -0.3 is 19.5 Å². The molecule has 29 heavy (non-hydrogen) atoms. The molecule has 0 radical (unpaired) electrons. The number of benzene rings is 1. The lowest BCUT2D eigenvalue weighted by molar-refractivity contribution is -0.115. The second-order valence-electron chi connectivity index (χ2n) is 7.39. The lowest BCUT2D eigenvalue weighted by Gasteiger charge is -2.30. The van der Waals surface area contributed by atoms with Gasteiger partial charge in [0.1, 0.15) is 0 Å². The molecule has 1 atom stereocenters. The molecule has 0 aliphatic carbocycles. The van der Waals surface area contributed by atoms with E-state index in [0.29, 0.717) is 22.4 Å². The lowest BCUT2D eigenvalue weighted by Crippen LogP contribution is -2.33. The Balaban J connectivity index is 1.60. The number of methoxy groups -OCH3 is 3. The third-order valence-electron chi connectivity index (χ3n) is 5.01. The first-order valence-electron chi connectivity index (χ1n) is 9.77. The van der Waals surface area contributed by atoms with E-state index in [1.807, 2.05) is 5.38 Å². The zero-order valence-electron chi connectivity index (χ0n) is 17.5. The first kappa shape index (κ1) is 21.4. The summed E-state index contributed by atoms with van der Waals surface area (Å²) in [6.45, 7) is 5.36. The molecule has 0 bridgehead atoms. The summed E-state index contributed by atoms with van der Waals surface area (Å²) in [4.78, 5) is 19.5. The highest BCUT2D eigenvalue weighted by Gasteiger charge is 2.18. The fourth-order valence-corrected chi connectivity index (χ4v) is 4.40. The van der Waals surface area contributed by atoms with Crippen LogP contribution in [-0.2, 0) is 17.8 Å². The number of hydrogen-bond donors (Lipinski definition) is 1. The van der Waals surface area contributed by atoms with E-state index in [9.17, 15) is 4.79 Å². The van der Waals surface area contributed by atoms with E-state index in [1.54, 1.807) is 33.5 Å². The molecule has 2 heterocycles. The van der Waals surface area contributed by atoms with Gasteiger partial charge in [-0.15, -0.1) is 11.3 Å². The third kappa shape index (κ3) is 5.61. The van der Waals surface area contributed by atoms with Crippen LogP contribution in [0.15, 0.2) is 17.5 Å². The van der Waals surface area contributed by atoms with Crippen molar-refractivity contribution in [2.45, 2.75) is 32.7 Å². The molecule has 8 heteroatoms. The number of nitrogens with zero attached hydrogens (tertiary/aromatic N) is 2. The molecule has 1 aliphatic heterocycles. The van der Waals surface area contributed by atoms with Gasteiger partial charge in [-0.2, -0.15) is 0 Å². The molecular weight excluding hydrogens is 390 g/mol. The molecule has 2 aromatic rings. The van der Waals surface area contributed by atoms with Gasteiger partial charge in [0.15, 0.2) is 16.6 Å². The van der Waals surface area contributed by atoms with Gasteiger partial charge >= 0.3 is 0 Å². The largest absolute Gasteiger partial charge is 0.493 e. The topological polar surface area (TPSA) is 72.9 Å². The second kappa shape index (κ2) is 9.93. The highest BCUT2D eigenvalue weighted by atomic mass is 32.1. The van der Waals surface area contributed by atoms with Gasteiger partial charge in [0.2, 0.25) is 11.7 Å². The molecule has 1 aromatic heterocycles. The van der Waals surface area contributed by atoms with Gasteiger partial charge in [-0.3, -0.25) is 9.69 Å². The molecule has 1 N–H and O–H groups in total. The Hall–Kier alpha value is -2.32. The zero-order valence-corrected chi connectivity index (χ0v) is 18.3. The van der Waals surface area contributed by atoms with Crippen molar-refractivity contribution >= 4 is 22.4 Å². The molecule has 1 fully saturated rings. The average Bonchev–Trinajstić information content (AvgIpc) is 3.13. The van der Waals surface area contributed by atoms with Crippen molar-refractivity contribution in [1.29, 1.82) is 0 Å². The van der Waals surface area contributed by atoms with Crippen LogP contribution in [0, 0.1) is 5.92 Å². The molecule has 7 nitrogen and oxygen atoms in total. The minimum absolute atomic E-state index is 0.133. The Morgan fingerprint density at radius 1 is 1.24 bits per heavy atom. The number of aromatic nitrogens is 1. The van der Waals surface area contributed by atoms with Crippen LogP contribution in [-0.4, -0.2) is 50.2 Å². The van der Waals surface area contributed by atoms with Gasteiger partial charge in [0.25, 0.3) is 0 Å². The van der Waals surface area contributed by atoms with E-state index in [4.69, 9.17) is 14.2 Å². The Morgan fingerprint density at radius 3 is 2.59 bits per heavy atom. The van der Waals surface area contributed by atoms with Crippen LogP contribution in [0.5, 0.6) is 17.2 Å². The van der Waals surface area contributed by atoms with Crippen molar-refractivity contribution in [2.75, 3.05) is 39.7 Å². The normalized spacial score (nSPS) is 17.0. The van der Waals surface area contributed by atoms with Gasteiger partial charge in [-0.05, 0) is 43.0 Å². The number of nitrogens with one attached hydrogen (secondary N) is 1. The Kier molecular flexibility index (Phi) is 7.33. The first-order valence-corrected chi connectivity index (χ1v) is 10.7. The summed E-state index contributed by atoms with van der Waals surface area (Å²) in [5.41, 5.74) is 1.78. The van der Waals surface area contributed by atoms with Crippen LogP contribution in [0.3, 0.4) is 0 Å². The number of amides is 1. The number of thiazole rings is 1. The predicted octanol–water partition coefficient (Wildman–Crippen LogP) is 3.58. The fraction of sp³-hybridized carbons (Fsp3) is 0.524. The quantitative estimate of drug-likeness (QED) is 0.705. The molecule has 1 aromatic carbocycles. The summed E-state index contributed by atoms with van der Waals surface area (Å²) in [7, 11) is 4.67. The molecule has 0 saturated carbocycles. The van der Waals surface area contributed by atoms with E-state index in [-0.39, 0.29) is 12.3 Å². The van der Waals surface area contributed by atoms with Gasteiger partial charge in [0.05, 0.1) is 33.4 Å². The number of carbonyl (C=O) groups excluding carboxylic acids is 1. The van der Waals surface area contributed by atoms with Crippen molar-refractivity contribution < 1.29 is 19.0 Å². The number of piperidine rings is 1. The van der Waals surface area contributed by atoms with Gasteiger partial charge in [-0.1, -0.05) is 6.92 Å². The van der Waals surface area contributed by atoms with Crippen LogP contribution < -0.4 is 19.5 Å². The summed E-state index contributed by atoms with van der Waals surface area (Å²) in [5.74, 6) is 2.17. The highest BCUT2D eigenvalue weighted by molar-refractivity contribution is 7.13. The van der Waals surface area contributed by atoms with E-state index in [1.165, 1.54) is 24.2 Å². The third-order valence-corrected chi connectivity index (χ3v) is 5.82. The van der Waals surface area contributed by atoms with Crippen molar-refractivity contribution in [2.24, 2.45) is 5.92 Å². The van der Waals surface area contributed by atoms with Crippen molar-refractivity contribution in [3.05, 3.63) is 28.8 Å². The maximum Gasteiger partial charge on any atom is 0.230 e. The summed E-state index contributed by atoms with van der Waals surface area (Å²) in [5, 5.41) is 5.55. The summed E-state index contributed by atoms with van der Waals surface area (Å²) in [6, 6.07) is 3.57. The van der Waals surface area contributed by atoms with Gasteiger partial charge in [-0.25, -0.2) is 4.98 Å². The monoisotopic (exact) mass is 419 g/mol. The van der Waals surface area contributed by atoms with Crippen molar-refractivity contribution in [3.8, 4) is 17.2 Å². The van der Waals surface area contributed by atoms with Crippen molar-refractivity contribution in [1.82, 2.24) is 9.88 Å². The van der Waals surface area contributed by atoms with Crippen molar-refractivity contribution in [3.63, 3.8) is 0 Å². The number of likely N-dealkylation sites (tertiary alicyclic amines) is 1. The maximum absolute atomic E-state index is 12.5. The SMILES string of the molecule is COc1cc(CC(=O)Nc2nc(CN3CCC[C@@H](C)C3)cs2)cc(OC)c1OC. The number of anilines is 1. The Bertz CT molecular complexity index is 814. The minimum Gasteiger partial charge on any atom is -0.493 e. The molecule has 3 rings (SSSR count). The number of ether oxygens (including phenoxy) is 3. The molecule has 0 spiro atoms. The standard InChI is InChI=1S/C21H29N3O4S/c1-14-6-5-7-24(11-14)12-16-13-29-21(22-16)23-19(25)10-15-8-17(26-2)20(28-4)18(9-15)27-3/h8-9,13-14H,5-7,10-12H2,1-4H3,(H,22,23,25)/t14-/m1/s1. The molecule has 158 valence electrons. The Morgan fingerprint density at radius 2 is 1.97 bits per heavy atom. The van der Waals surface area contributed by atoms with E-state index in [0.717, 1.165) is 36.8 Å². The minimum atomic E-state index is -0.133. The number of carbonyl (C=O) groups is 1. The molecule has 1 saturated heterocycles. The van der Waals surface area contributed by atoms with Gasteiger partial charge in [0, 0.05) is 18.5 Å². The maximum atomic E-state index is 12.5. The van der Waals surface area contributed by atoms with Crippen LogP contribution in [0.2, 0.25) is 0 Å². The number of hydrogen-bond acceptors (Lipinski definition) is 7. The van der Waals surface area contributed by atoms with E-state index >= 15 is 0 Å². The second-order valence-corrected chi connectivity index (χ2v) is 8.24. The Labute approximate surface area is 176 Å². The highest BCUT2D eigenvalue weighted by Crippen LogP contribution is 2.38. The summed E-state index contributed by atoms with van der Waals surface area (Å²) in [6.07, 6.45) is 2.73. The molecule has 1 aliphatic rings. The van der Waals surface area contributed by atoms with E-state index < -0.39 is 0 Å². The molecule has 1 amide bonds. The van der Waals surface area contributed by atoms with Crippen LogP contribution in [0.1, 0.15) is 31.0 Å². The summed E-state index contributed by atoms with van der Waals surface area (Å²) < 4.78 is 16.0. The molecule has 0 unspecified atom stereocenters. The van der Waals surface area contributed by atoms with Crippen LogP contribution in [0.25, 0.3) is 0 Å². The van der Waals surface area contributed by atoms with E-state index in [2.05, 4.69) is 22.1 Å². The van der Waals surface area contributed by atoms with Crippen LogP contribution >= 0.6 is 11.3 Å². The number of rotatable bonds is 8. The predicted molar refractivity (Wildman–Crippen MR) is 114 cm³/mol. The van der Waals surface area contributed by atoms with Crippen LogP contribution in [0.4, 0.5) is 5.13 Å². The fourth-order valence-electron chi connectivity index (χ4n) is 3.68. The summed E-state index contributed by atoms with van der Waals surface area (Å²) >= 11 is 1.46.